The van der Waals surface area contributed by atoms with Crippen LogP contribution in [0.25, 0.3) is 0 Å². The van der Waals surface area contributed by atoms with Crippen molar-refractivity contribution in [2.45, 2.75) is 122 Å². The van der Waals surface area contributed by atoms with Crippen LogP contribution in [0.4, 0.5) is 0 Å². The van der Waals surface area contributed by atoms with Gasteiger partial charge in [-0.2, -0.15) is 29.5 Å². The molecule has 1 nitrogen and oxygen atoms in total. The Morgan fingerprint density at radius 1 is 0.690 bits per heavy atom. The van der Waals surface area contributed by atoms with Crippen LogP contribution in [0.15, 0.2) is 30.3 Å². The fraction of sp³-hybridized carbons (Fsp3) is 0.741. The first-order valence-electron chi connectivity index (χ1n) is 12.5. The Balaban J connectivity index is 1.80. The van der Waals surface area contributed by atoms with Crippen molar-refractivity contribution in [3.05, 3.63) is 42.0 Å². The number of hydrogen-bond acceptors (Lipinski definition) is 2. The van der Waals surface area contributed by atoms with E-state index in [2.05, 4.69) is 13.8 Å². The van der Waals surface area contributed by atoms with Gasteiger partial charge in [0.05, 0.1) is 0 Å². The van der Waals surface area contributed by atoms with Crippen molar-refractivity contribution in [1.29, 1.82) is 0 Å². The normalized spacial score (nSPS) is 12.2. The Labute approximate surface area is 186 Å². The summed E-state index contributed by atoms with van der Waals surface area (Å²) in [5.41, 5.74) is 0.958. The number of hydrogen-bond donors (Lipinski definition) is 1. The predicted octanol–water partition coefficient (Wildman–Crippen LogP) is 9.32. The molecule has 0 radical (unpaired) electrons. The predicted molar refractivity (Wildman–Crippen MR) is 132 cm³/mol. The molecule has 0 spiro atoms. The summed E-state index contributed by atoms with van der Waals surface area (Å²) in [4.78, 5) is 0. The molecule has 1 unspecified atom stereocenters. The third-order valence-electron chi connectivity index (χ3n) is 5.82. The average Bonchev–Trinajstić information content (AvgIpc) is 2.75. The summed E-state index contributed by atoms with van der Waals surface area (Å²) in [6, 6.07) is 9.93. The monoisotopic (exact) mass is 419 g/mol. The van der Waals surface area contributed by atoms with Gasteiger partial charge in [-0.15, -0.1) is 12.1 Å². The number of thioether (sulfide) groups is 1. The van der Waals surface area contributed by atoms with Crippen molar-refractivity contribution in [2.75, 3.05) is 5.75 Å². The first-order chi connectivity index (χ1) is 14.3. The summed E-state index contributed by atoms with van der Waals surface area (Å²) in [6.07, 6.45) is 23.2. The van der Waals surface area contributed by atoms with Gasteiger partial charge in [0, 0.05) is 5.25 Å². The number of benzene rings is 1. The lowest BCUT2D eigenvalue weighted by molar-refractivity contribution is 0.323. The minimum atomic E-state index is 0.189. The molecule has 0 bridgehead atoms. The maximum Gasteiger partial charge on any atom is 0.00299 e. The first kappa shape index (κ1) is 26.4. The topological polar surface area (TPSA) is 20.2 Å². The number of rotatable bonds is 20. The third kappa shape index (κ3) is 14.9. The van der Waals surface area contributed by atoms with Crippen LogP contribution in [0.1, 0.15) is 122 Å². The fourth-order valence-corrected chi connectivity index (χ4v) is 4.85. The summed E-state index contributed by atoms with van der Waals surface area (Å²) < 4.78 is 0. The molecule has 29 heavy (non-hydrogen) atoms. The van der Waals surface area contributed by atoms with Crippen LogP contribution in [-0.2, 0) is 0 Å². The standard InChI is InChI=1S/C27H47OS/c1-3-4-5-6-7-8-9-10-11-12-13-14-15-16-17-21-24-29-25(2)27(28)26-22-19-18-20-23-26/h18-20,22-23,25,28H,3-17,21,24H2,1-2H3/q-1. The van der Waals surface area contributed by atoms with Crippen molar-refractivity contribution in [2.24, 2.45) is 0 Å². The Hall–Kier alpha value is -0.600. The van der Waals surface area contributed by atoms with E-state index in [-0.39, 0.29) is 5.25 Å². The molecular weight excluding hydrogens is 372 g/mol. The summed E-state index contributed by atoms with van der Waals surface area (Å²) in [6.45, 7) is 4.40. The van der Waals surface area contributed by atoms with Gasteiger partial charge >= 0.3 is 0 Å². The molecule has 0 heterocycles. The van der Waals surface area contributed by atoms with Crippen molar-refractivity contribution in [1.82, 2.24) is 0 Å². The van der Waals surface area contributed by atoms with E-state index in [1.807, 2.05) is 42.1 Å². The molecule has 1 rings (SSSR count). The smallest absolute Gasteiger partial charge is 0.00299 e. The summed E-state index contributed by atoms with van der Waals surface area (Å²) in [5, 5.41) is 10.5. The zero-order valence-corrected chi connectivity index (χ0v) is 20.2. The SMILES string of the molecule is CCCCCCCCCCCCCCCCCCSC(C)[C-](O)c1ccccc1. The molecule has 1 aromatic carbocycles. The molecule has 0 fully saturated rings. The molecule has 1 atom stereocenters. The van der Waals surface area contributed by atoms with Crippen LogP contribution >= 0.6 is 11.8 Å². The Bertz CT molecular complexity index is 447. The molecule has 1 aromatic rings. The van der Waals surface area contributed by atoms with E-state index in [4.69, 9.17) is 0 Å². The van der Waals surface area contributed by atoms with Crippen LogP contribution in [0.2, 0.25) is 0 Å². The minimum absolute atomic E-state index is 0.189. The maximum atomic E-state index is 10.3. The highest BCUT2D eigenvalue weighted by Gasteiger charge is 2.09. The van der Waals surface area contributed by atoms with Gasteiger partial charge in [-0.3, -0.25) is 0 Å². The molecule has 0 aromatic heterocycles. The second-order valence-electron chi connectivity index (χ2n) is 8.57. The molecule has 2 heteroatoms. The van der Waals surface area contributed by atoms with Crippen LogP contribution < -0.4 is 0 Å². The molecule has 1 N–H and O–H groups in total. The highest BCUT2D eigenvalue weighted by atomic mass is 32.2. The van der Waals surface area contributed by atoms with E-state index >= 15 is 0 Å². The first-order valence-corrected chi connectivity index (χ1v) is 13.5. The highest BCUT2D eigenvalue weighted by molar-refractivity contribution is 8.00. The number of unbranched alkanes of at least 4 members (excludes halogenated alkanes) is 15. The maximum absolute atomic E-state index is 10.3. The highest BCUT2D eigenvalue weighted by Crippen LogP contribution is 2.26. The number of aliphatic hydroxyl groups is 1. The zero-order valence-electron chi connectivity index (χ0n) is 19.3. The largest absolute Gasteiger partial charge is 0.424 e. The molecule has 0 aliphatic carbocycles. The van der Waals surface area contributed by atoms with Crippen LogP contribution in [0.5, 0.6) is 0 Å². The van der Waals surface area contributed by atoms with E-state index in [0.717, 1.165) is 11.3 Å². The van der Waals surface area contributed by atoms with Crippen molar-refractivity contribution in [3.8, 4) is 0 Å². The number of aliphatic hydroxyl groups excluding tert-OH is 1. The van der Waals surface area contributed by atoms with Gasteiger partial charge in [0.2, 0.25) is 0 Å². The molecule has 0 aliphatic heterocycles. The van der Waals surface area contributed by atoms with Crippen LogP contribution in [0.3, 0.4) is 0 Å². The van der Waals surface area contributed by atoms with Gasteiger partial charge in [-0.25, -0.2) is 0 Å². The molecular formula is C27H47OS-. The van der Waals surface area contributed by atoms with Crippen molar-refractivity contribution >= 4 is 11.8 Å². The second-order valence-corrected chi connectivity index (χ2v) is 10.0. The van der Waals surface area contributed by atoms with Gasteiger partial charge in [-0.1, -0.05) is 116 Å². The average molecular weight is 420 g/mol. The van der Waals surface area contributed by atoms with Gasteiger partial charge in [-0.05, 0) is 18.3 Å². The van der Waals surface area contributed by atoms with E-state index in [0.29, 0.717) is 6.10 Å². The molecule has 0 saturated carbocycles. The third-order valence-corrected chi connectivity index (χ3v) is 7.07. The summed E-state index contributed by atoms with van der Waals surface area (Å²) in [5.74, 6) is 1.15. The Kier molecular flexibility index (Phi) is 17.7. The quantitative estimate of drug-likeness (QED) is 0.168. The molecule has 168 valence electrons. The summed E-state index contributed by atoms with van der Waals surface area (Å²) >= 11 is 1.88. The van der Waals surface area contributed by atoms with E-state index in [1.54, 1.807) is 0 Å². The van der Waals surface area contributed by atoms with Crippen LogP contribution in [0, 0.1) is 6.10 Å². The van der Waals surface area contributed by atoms with Crippen molar-refractivity contribution in [3.63, 3.8) is 0 Å². The fourth-order valence-electron chi connectivity index (χ4n) is 3.83. The summed E-state index contributed by atoms with van der Waals surface area (Å²) in [7, 11) is 0. The van der Waals surface area contributed by atoms with Gasteiger partial charge < -0.3 is 5.11 Å². The van der Waals surface area contributed by atoms with E-state index in [9.17, 15) is 5.11 Å². The Morgan fingerprint density at radius 3 is 1.55 bits per heavy atom. The van der Waals surface area contributed by atoms with Gasteiger partial charge in [0.25, 0.3) is 0 Å². The second kappa shape index (κ2) is 19.4. The molecule has 0 saturated heterocycles. The minimum Gasteiger partial charge on any atom is -0.424 e. The Morgan fingerprint density at radius 2 is 1.10 bits per heavy atom. The van der Waals surface area contributed by atoms with Gasteiger partial charge in [0.1, 0.15) is 0 Å². The van der Waals surface area contributed by atoms with E-state index in [1.165, 1.54) is 103 Å². The molecule has 0 amide bonds. The molecule has 0 aliphatic rings. The van der Waals surface area contributed by atoms with Gasteiger partial charge in [0.15, 0.2) is 0 Å². The van der Waals surface area contributed by atoms with Crippen LogP contribution in [-0.4, -0.2) is 16.1 Å². The lowest BCUT2D eigenvalue weighted by Gasteiger charge is -2.25. The zero-order chi connectivity index (χ0) is 21.0. The lowest BCUT2D eigenvalue weighted by Crippen LogP contribution is -2.12. The van der Waals surface area contributed by atoms with Crippen molar-refractivity contribution < 1.29 is 5.11 Å². The van der Waals surface area contributed by atoms with E-state index < -0.39 is 0 Å². The lowest BCUT2D eigenvalue weighted by atomic mass is 10.0.